The quantitative estimate of drug-likeness (QED) is 0.823. The number of nitrogens with two attached hydrogens (primary N) is 1. The Kier molecular flexibility index (Phi) is 3.89. The molecular formula is C17H22N2OS. The van der Waals surface area contributed by atoms with Gasteiger partial charge in [-0.2, -0.15) is 0 Å². The summed E-state index contributed by atoms with van der Waals surface area (Å²) in [6.07, 6.45) is 3.45. The van der Waals surface area contributed by atoms with Gasteiger partial charge in [-0.15, -0.1) is 11.3 Å². The van der Waals surface area contributed by atoms with E-state index >= 15 is 0 Å². The van der Waals surface area contributed by atoms with E-state index in [1.54, 1.807) is 0 Å². The Morgan fingerprint density at radius 3 is 2.62 bits per heavy atom. The van der Waals surface area contributed by atoms with Crippen molar-refractivity contribution in [2.75, 3.05) is 5.73 Å². The van der Waals surface area contributed by atoms with Gasteiger partial charge >= 0.3 is 0 Å². The summed E-state index contributed by atoms with van der Waals surface area (Å²) < 4.78 is 1.11. The highest BCUT2D eigenvalue weighted by Crippen LogP contribution is 2.30. The molecule has 3 N–H and O–H groups in total. The van der Waals surface area contributed by atoms with Crippen molar-refractivity contribution in [2.24, 2.45) is 11.8 Å². The lowest BCUT2D eigenvalue weighted by atomic mass is 9.80. The maximum absolute atomic E-state index is 12.4. The van der Waals surface area contributed by atoms with Crippen LogP contribution in [0.2, 0.25) is 0 Å². The van der Waals surface area contributed by atoms with Crippen LogP contribution in [0.4, 0.5) is 5.69 Å². The molecule has 1 fully saturated rings. The monoisotopic (exact) mass is 302 g/mol. The van der Waals surface area contributed by atoms with Gasteiger partial charge in [0.1, 0.15) is 0 Å². The van der Waals surface area contributed by atoms with Crippen LogP contribution in [-0.2, 0) is 0 Å². The standard InChI is InChI=1S/C17H22N2OS/c1-10-5-11(2)7-14(6-10)19-17(20)16-9-12-8-13(18)3-4-15(12)21-16/h3-4,8-11,14H,5-7,18H2,1-2H3,(H,19,20). The number of anilines is 1. The zero-order valence-electron chi connectivity index (χ0n) is 12.6. The molecular weight excluding hydrogens is 280 g/mol. The second-order valence-corrected chi connectivity index (χ2v) is 7.58. The molecule has 0 spiro atoms. The Morgan fingerprint density at radius 1 is 1.19 bits per heavy atom. The van der Waals surface area contributed by atoms with E-state index in [0.717, 1.165) is 33.5 Å². The van der Waals surface area contributed by atoms with E-state index in [2.05, 4.69) is 19.2 Å². The highest BCUT2D eigenvalue weighted by Gasteiger charge is 2.25. The Bertz CT molecular complexity index is 654. The topological polar surface area (TPSA) is 55.1 Å². The summed E-state index contributed by atoms with van der Waals surface area (Å²) in [5, 5.41) is 4.26. The number of carbonyl (C=O) groups is 1. The molecule has 1 aromatic carbocycles. The lowest BCUT2D eigenvalue weighted by molar-refractivity contribution is 0.0915. The van der Waals surface area contributed by atoms with E-state index in [-0.39, 0.29) is 5.91 Å². The molecule has 4 heteroatoms. The molecule has 1 amide bonds. The predicted octanol–water partition coefficient (Wildman–Crippen LogP) is 4.04. The SMILES string of the molecule is CC1CC(C)CC(NC(=O)c2cc3cc(N)ccc3s2)C1. The van der Waals surface area contributed by atoms with Gasteiger partial charge in [-0.3, -0.25) is 4.79 Å². The van der Waals surface area contributed by atoms with Gasteiger partial charge in [-0.05, 0) is 60.7 Å². The van der Waals surface area contributed by atoms with E-state index in [0.29, 0.717) is 17.9 Å². The summed E-state index contributed by atoms with van der Waals surface area (Å²) in [5.41, 5.74) is 6.53. The Hall–Kier alpha value is -1.55. The molecule has 2 aromatic rings. The van der Waals surface area contributed by atoms with Crippen LogP contribution in [0.1, 0.15) is 42.8 Å². The van der Waals surface area contributed by atoms with Crippen LogP contribution < -0.4 is 11.1 Å². The van der Waals surface area contributed by atoms with E-state index in [1.165, 1.54) is 17.8 Å². The highest BCUT2D eigenvalue weighted by atomic mass is 32.1. The summed E-state index contributed by atoms with van der Waals surface area (Å²) in [7, 11) is 0. The number of hydrogen-bond acceptors (Lipinski definition) is 3. The van der Waals surface area contributed by atoms with Gasteiger partial charge in [0.25, 0.3) is 5.91 Å². The van der Waals surface area contributed by atoms with Crippen molar-refractivity contribution in [2.45, 2.75) is 39.2 Å². The summed E-state index contributed by atoms with van der Waals surface area (Å²) >= 11 is 1.54. The Labute approximate surface area is 129 Å². The molecule has 0 aliphatic heterocycles. The molecule has 1 saturated carbocycles. The van der Waals surface area contributed by atoms with Crippen LogP contribution in [0.5, 0.6) is 0 Å². The molecule has 112 valence electrons. The molecule has 1 aliphatic carbocycles. The van der Waals surface area contributed by atoms with Crippen LogP contribution in [0.25, 0.3) is 10.1 Å². The predicted molar refractivity (Wildman–Crippen MR) is 89.7 cm³/mol. The number of thiophene rings is 1. The van der Waals surface area contributed by atoms with Crippen LogP contribution in [0, 0.1) is 11.8 Å². The van der Waals surface area contributed by atoms with Gasteiger partial charge in [0.2, 0.25) is 0 Å². The Balaban J connectivity index is 1.74. The smallest absolute Gasteiger partial charge is 0.261 e. The molecule has 0 radical (unpaired) electrons. The molecule has 3 rings (SSSR count). The van der Waals surface area contributed by atoms with E-state index < -0.39 is 0 Å². The fourth-order valence-electron chi connectivity index (χ4n) is 3.50. The largest absolute Gasteiger partial charge is 0.399 e. The van der Waals surface area contributed by atoms with Crippen molar-refractivity contribution in [3.63, 3.8) is 0 Å². The summed E-state index contributed by atoms with van der Waals surface area (Å²) in [4.78, 5) is 13.2. The van der Waals surface area contributed by atoms with Crippen molar-refractivity contribution in [3.05, 3.63) is 29.1 Å². The van der Waals surface area contributed by atoms with Gasteiger partial charge in [-0.1, -0.05) is 13.8 Å². The van der Waals surface area contributed by atoms with Crippen molar-refractivity contribution < 1.29 is 4.79 Å². The van der Waals surface area contributed by atoms with Crippen molar-refractivity contribution in [1.29, 1.82) is 0 Å². The molecule has 1 aliphatic rings. The van der Waals surface area contributed by atoms with Crippen LogP contribution >= 0.6 is 11.3 Å². The van der Waals surface area contributed by atoms with Gasteiger partial charge < -0.3 is 11.1 Å². The molecule has 0 saturated heterocycles. The number of fused-ring (bicyclic) bond motifs is 1. The van der Waals surface area contributed by atoms with Crippen LogP contribution in [0.15, 0.2) is 24.3 Å². The second-order valence-electron chi connectivity index (χ2n) is 6.50. The molecule has 21 heavy (non-hydrogen) atoms. The third kappa shape index (κ3) is 3.21. The Morgan fingerprint density at radius 2 is 1.90 bits per heavy atom. The molecule has 2 unspecified atom stereocenters. The third-order valence-electron chi connectivity index (χ3n) is 4.28. The molecule has 2 atom stereocenters. The van der Waals surface area contributed by atoms with E-state index in [4.69, 9.17) is 5.73 Å². The van der Waals surface area contributed by atoms with Crippen LogP contribution in [-0.4, -0.2) is 11.9 Å². The van der Waals surface area contributed by atoms with Crippen molar-refractivity contribution >= 4 is 33.0 Å². The number of nitrogen functional groups attached to an aromatic ring is 1. The average Bonchev–Trinajstić information content (AvgIpc) is 2.80. The minimum Gasteiger partial charge on any atom is -0.399 e. The van der Waals surface area contributed by atoms with Crippen LogP contribution in [0.3, 0.4) is 0 Å². The number of amides is 1. The molecule has 0 bridgehead atoms. The van der Waals surface area contributed by atoms with Gasteiger partial charge in [0.05, 0.1) is 4.88 Å². The molecule has 3 nitrogen and oxygen atoms in total. The highest BCUT2D eigenvalue weighted by molar-refractivity contribution is 7.20. The minimum atomic E-state index is 0.0565. The van der Waals surface area contributed by atoms with Gasteiger partial charge in [-0.25, -0.2) is 0 Å². The number of carbonyl (C=O) groups excluding carboxylic acids is 1. The zero-order chi connectivity index (χ0) is 15.0. The fourth-order valence-corrected chi connectivity index (χ4v) is 4.44. The second kappa shape index (κ2) is 5.68. The van der Waals surface area contributed by atoms with E-state index in [9.17, 15) is 4.79 Å². The lowest BCUT2D eigenvalue weighted by Crippen LogP contribution is -2.39. The first-order valence-corrected chi connectivity index (χ1v) is 8.43. The summed E-state index contributed by atoms with van der Waals surface area (Å²) in [6, 6.07) is 8.04. The minimum absolute atomic E-state index is 0.0565. The number of nitrogens with one attached hydrogen (secondary N) is 1. The number of rotatable bonds is 2. The number of hydrogen-bond donors (Lipinski definition) is 2. The van der Waals surface area contributed by atoms with Crippen molar-refractivity contribution in [3.8, 4) is 0 Å². The van der Waals surface area contributed by atoms with E-state index in [1.807, 2.05) is 24.3 Å². The van der Waals surface area contributed by atoms with Gasteiger partial charge in [0, 0.05) is 16.4 Å². The molecule has 1 aromatic heterocycles. The first-order valence-electron chi connectivity index (χ1n) is 7.61. The average molecular weight is 302 g/mol. The summed E-state index contributed by atoms with van der Waals surface area (Å²) in [6.45, 7) is 4.55. The summed E-state index contributed by atoms with van der Waals surface area (Å²) in [5.74, 6) is 1.45. The third-order valence-corrected chi connectivity index (χ3v) is 5.39. The zero-order valence-corrected chi connectivity index (χ0v) is 13.4. The van der Waals surface area contributed by atoms with Crippen molar-refractivity contribution in [1.82, 2.24) is 5.32 Å². The molecule has 1 heterocycles. The lowest BCUT2D eigenvalue weighted by Gasteiger charge is -2.31. The maximum Gasteiger partial charge on any atom is 0.261 e. The normalized spacial score (nSPS) is 25.9. The van der Waals surface area contributed by atoms with Gasteiger partial charge in [0.15, 0.2) is 0 Å². The maximum atomic E-state index is 12.4. The fraction of sp³-hybridized carbons (Fsp3) is 0.471. The first-order chi connectivity index (χ1) is 10.0. The first kappa shape index (κ1) is 14.4. The number of benzene rings is 1.